The molecule has 32 heavy (non-hydrogen) atoms. The predicted molar refractivity (Wildman–Crippen MR) is 112 cm³/mol. The fraction of sp³-hybridized carbons (Fsp3) is 0.190. The van der Waals surface area contributed by atoms with Gasteiger partial charge in [-0.1, -0.05) is 12.1 Å². The van der Waals surface area contributed by atoms with Crippen molar-refractivity contribution in [2.75, 3.05) is 6.61 Å². The van der Waals surface area contributed by atoms with Crippen LogP contribution in [0.3, 0.4) is 0 Å². The molecular weight excluding hydrogens is 438 g/mol. The van der Waals surface area contributed by atoms with Crippen LogP contribution in [0.15, 0.2) is 58.0 Å². The Morgan fingerprint density at radius 2 is 1.81 bits per heavy atom. The minimum absolute atomic E-state index is 0.00951. The minimum Gasteiger partial charge on any atom is -0.459 e. The molecule has 0 radical (unpaired) electrons. The summed E-state index contributed by atoms with van der Waals surface area (Å²) in [6.07, 6.45) is 1.30. The number of ether oxygens (including phenoxy) is 1. The second-order valence-corrected chi connectivity index (χ2v) is 8.55. The van der Waals surface area contributed by atoms with E-state index in [0.717, 1.165) is 11.3 Å². The number of benzene rings is 1. The summed E-state index contributed by atoms with van der Waals surface area (Å²) in [5, 5.41) is 7.17. The van der Waals surface area contributed by atoms with Crippen LogP contribution < -0.4 is 10.5 Å². The highest BCUT2D eigenvalue weighted by Gasteiger charge is 2.20. The number of carbonyl (C=O) groups excluding carboxylic acids is 3. The molecule has 0 aliphatic heterocycles. The first-order chi connectivity index (χ1) is 15.1. The molecule has 3 rings (SSSR count). The minimum atomic E-state index is -3.78. The van der Waals surface area contributed by atoms with E-state index in [4.69, 9.17) is 14.3 Å². The number of nitrogens with zero attached hydrogens (tertiary/aromatic N) is 1. The predicted octanol–water partition coefficient (Wildman–Crippen LogP) is 1.51. The molecule has 2 aromatic heterocycles. The Balaban J connectivity index is 1.64. The molecule has 0 saturated carbocycles. The molecule has 11 heteroatoms. The average molecular weight is 459 g/mol. The molecule has 2 heterocycles. The first-order valence-corrected chi connectivity index (χ1v) is 10.9. The van der Waals surface area contributed by atoms with Gasteiger partial charge >= 0.3 is 5.97 Å². The second-order valence-electron chi connectivity index (χ2n) is 6.99. The fourth-order valence-electron chi connectivity index (χ4n) is 3.06. The number of nitrogens with two attached hydrogens (primary N) is 1. The topological polar surface area (TPSA) is 151 Å². The van der Waals surface area contributed by atoms with Crippen LogP contribution >= 0.6 is 0 Å². The molecule has 0 unspecified atom stereocenters. The van der Waals surface area contributed by atoms with Gasteiger partial charge in [-0.3, -0.25) is 14.9 Å². The summed E-state index contributed by atoms with van der Waals surface area (Å²) in [4.78, 5) is 36.1. The van der Waals surface area contributed by atoms with Gasteiger partial charge in [-0.15, -0.1) is 0 Å². The zero-order chi connectivity index (χ0) is 23.5. The van der Waals surface area contributed by atoms with E-state index in [1.807, 2.05) is 4.57 Å². The molecular formula is C21H21N3O7S. The van der Waals surface area contributed by atoms with Crippen molar-refractivity contribution in [1.29, 1.82) is 0 Å². The van der Waals surface area contributed by atoms with Crippen LogP contribution in [0.4, 0.5) is 0 Å². The Morgan fingerprint density at radius 1 is 1.12 bits per heavy atom. The first kappa shape index (κ1) is 23.0. The van der Waals surface area contributed by atoms with Gasteiger partial charge in [0.25, 0.3) is 11.8 Å². The van der Waals surface area contributed by atoms with Gasteiger partial charge in [0, 0.05) is 17.9 Å². The lowest BCUT2D eigenvalue weighted by Crippen LogP contribution is -2.34. The number of hydrogen-bond donors (Lipinski definition) is 2. The standard InChI is InChI=1S/C21H21N3O7S/c1-13-10-17(21(27)31-12-19(25)23-20(26)18-4-3-9-30-18)14(2)24(13)11-15-5-7-16(8-6-15)32(22,28)29/h3-10H,11-12H2,1-2H3,(H2,22,28,29)(H,23,25,26). The Bertz CT molecular complexity index is 1260. The number of primary sulfonamides is 1. The van der Waals surface area contributed by atoms with Gasteiger partial charge in [-0.2, -0.15) is 0 Å². The molecule has 0 aliphatic rings. The summed E-state index contributed by atoms with van der Waals surface area (Å²) in [5.41, 5.74) is 2.45. The third-order valence-electron chi connectivity index (χ3n) is 4.72. The molecule has 168 valence electrons. The Morgan fingerprint density at radius 3 is 2.41 bits per heavy atom. The molecule has 3 N–H and O–H groups in total. The molecule has 3 aromatic rings. The van der Waals surface area contributed by atoms with Crippen LogP contribution in [0.2, 0.25) is 0 Å². The van der Waals surface area contributed by atoms with E-state index in [-0.39, 0.29) is 16.2 Å². The number of rotatable bonds is 7. The summed E-state index contributed by atoms with van der Waals surface area (Å²) in [5.74, 6) is -2.27. The van der Waals surface area contributed by atoms with Crippen LogP contribution in [-0.2, 0) is 26.1 Å². The van der Waals surface area contributed by atoms with E-state index < -0.39 is 34.4 Å². The van der Waals surface area contributed by atoms with Crippen molar-refractivity contribution in [3.8, 4) is 0 Å². The summed E-state index contributed by atoms with van der Waals surface area (Å²) in [6, 6.07) is 10.6. The van der Waals surface area contributed by atoms with Gasteiger partial charge in [-0.05, 0) is 49.7 Å². The fourth-order valence-corrected chi connectivity index (χ4v) is 3.57. The van der Waals surface area contributed by atoms with Crippen molar-refractivity contribution in [3.05, 3.63) is 77.0 Å². The average Bonchev–Trinajstić information content (AvgIpc) is 3.36. The van der Waals surface area contributed by atoms with Crippen LogP contribution in [0.5, 0.6) is 0 Å². The van der Waals surface area contributed by atoms with E-state index in [2.05, 4.69) is 5.32 Å². The zero-order valence-electron chi connectivity index (χ0n) is 17.3. The number of aromatic nitrogens is 1. The number of imide groups is 1. The zero-order valence-corrected chi connectivity index (χ0v) is 18.1. The molecule has 0 bridgehead atoms. The number of hydrogen-bond acceptors (Lipinski definition) is 7. The van der Waals surface area contributed by atoms with Crippen molar-refractivity contribution in [3.63, 3.8) is 0 Å². The van der Waals surface area contributed by atoms with Gasteiger partial charge in [0.1, 0.15) is 0 Å². The van der Waals surface area contributed by atoms with Crippen molar-refractivity contribution < 1.29 is 32.0 Å². The SMILES string of the molecule is Cc1cc(C(=O)OCC(=O)NC(=O)c2ccco2)c(C)n1Cc1ccc(S(N)(=O)=O)cc1. The lowest BCUT2D eigenvalue weighted by atomic mass is 10.2. The summed E-state index contributed by atoms with van der Waals surface area (Å²) in [7, 11) is -3.78. The Kier molecular flexibility index (Phi) is 6.61. The quantitative estimate of drug-likeness (QED) is 0.508. The molecule has 0 fully saturated rings. The number of aryl methyl sites for hydroxylation is 1. The lowest BCUT2D eigenvalue weighted by molar-refractivity contribution is -0.123. The van der Waals surface area contributed by atoms with Gasteiger partial charge < -0.3 is 13.7 Å². The maximum atomic E-state index is 12.5. The second kappa shape index (κ2) is 9.20. The molecule has 0 spiro atoms. The van der Waals surface area contributed by atoms with E-state index >= 15 is 0 Å². The highest BCUT2D eigenvalue weighted by atomic mass is 32.2. The van der Waals surface area contributed by atoms with Crippen LogP contribution in [0, 0.1) is 13.8 Å². The molecule has 2 amide bonds. The van der Waals surface area contributed by atoms with Crippen LogP contribution in [0.25, 0.3) is 0 Å². The Hall–Kier alpha value is -3.70. The number of carbonyl (C=O) groups is 3. The summed E-state index contributed by atoms with van der Waals surface area (Å²) >= 11 is 0. The number of nitrogens with one attached hydrogen (secondary N) is 1. The van der Waals surface area contributed by atoms with Crippen LogP contribution in [0.1, 0.15) is 37.9 Å². The molecule has 0 atom stereocenters. The van der Waals surface area contributed by atoms with Gasteiger partial charge in [0.15, 0.2) is 12.4 Å². The van der Waals surface area contributed by atoms with E-state index in [1.165, 1.54) is 30.5 Å². The highest BCUT2D eigenvalue weighted by Crippen LogP contribution is 2.19. The largest absolute Gasteiger partial charge is 0.459 e. The third kappa shape index (κ3) is 5.31. The highest BCUT2D eigenvalue weighted by molar-refractivity contribution is 7.89. The van der Waals surface area contributed by atoms with Crippen molar-refractivity contribution >= 4 is 27.8 Å². The van der Waals surface area contributed by atoms with Gasteiger partial charge in [-0.25, -0.2) is 18.4 Å². The van der Waals surface area contributed by atoms with Crippen molar-refractivity contribution in [2.24, 2.45) is 5.14 Å². The van der Waals surface area contributed by atoms with E-state index in [1.54, 1.807) is 32.0 Å². The summed E-state index contributed by atoms with van der Waals surface area (Å²) < 4.78 is 34.5. The first-order valence-electron chi connectivity index (χ1n) is 9.39. The van der Waals surface area contributed by atoms with Gasteiger partial charge in [0.05, 0.1) is 16.7 Å². The normalized spacial score (nSPS) is 11.2. The number of furan rings is 1. The monoisotopic (exact) mass is 459 g/mol. The molecule has 1 aromatic carbocycles. The van der Waals surface area contributed by atoms with E-state index in [0.29, 0.717) is 12.2 Å². The maximum Gasteiger partial charge on any atom is 0.340 e. The van der Waals surface area contributed by atoms with Gasteiger partial charge in [0.2, 0.25) is 10.0 Å². The number of sulfonamides is 1. The lowest BCUT2D eigenvalue weighted by Gasteiger charge is -2.11. The molecule has 10 nitrogen and oxygen atoms in total. The smallest absolute Gasteiger partial charge is 0.340 e. The van der Waals surface area contributed by atoms with Crippen molar-refractivity contribution in [1.82, 2.24) is 9.88 Å². The number of amides is 2. The van der Waals surface area contributed by atoms with E-state index in [9.17, 15) is 22.8 Å². The third-order valence-corrected chi connectivity index (χ3v) is 5.65. The maximum absolute atomic E-state index is 12.5. The Labute approximate surface area is 184 Å². The molecule has 0 saturated heterocycles. The molecule has 0 aliphatic carbocycles. The van der Waals surface area contributed by atoms with Crippen molar-refractivity contribution in [2.45, 2.75) is 25.3 Å². The summed E-state index contributed by atoms with van der Waals surface area (Å²) in [6.45, 7) is 3.28. The van der Waals surface area contributed by atoms with Crippen LogP contribution in [-0.4, -0.2) is 37.4 Å². The number of esters is 1.